The number of methoxy groups -OCH3 is 1. The van der Waals surface area contributed by atoms with Gasteiger partial charge in [0.05, 0.1) is 7.11 Å². The van der Waals surface area contributed by atoms with E-state index in [1.54, 1.807) is 23.0 Å². The number of carbonyl (C=O) groups excluding carboxylic acids is 2. The minimum atomic E-state index is -0.107. The molecular weight excluding hydrogens is 328 g/mol. The lowest BCUT2D eigenvalue weighted by Gasteiger charge is -2.25. The molecule has 0 saturated carbocycles. The lowest BCUT2D eigenvalue weighted by molar-refractivity contribution is -0.118. The second kappa shape index (κ2) is 9.04. The largest absolute Gasteiger partial charge is 0.497 e. The van der Waals surface area contributed by atoms with Gasteiger partial charge >= 0.3 is 0 Å². The molecule has 0 spiro atoms. The third-order valence-electron chi connectivity index (χ3n) is 4.22. The van der Waals surface area contributed by atoms with Gasteiger partial charge < -0.3 is 14.5 Å². The summed E-state index contributed by atoms with van der Waals surface area (Å²) < 4.78 is 5.22. The van der Waals surface area contributed by atoms with Gasteiger partial charge in [-0.05, 0) is 43.7 Å². The van der Waals surface area contributed by atoms with Gasteiger partial charge in [-0.1, -0.05) is 18.2 Å². The molecule has 2 amide bonds. The second-order valence-corrected chi connectivity index (χ2v) is 6.10. The van der Waals surface area contributed by atoms with Crippen LogP contribution in [0.2, 0.25) is 0 Å². The smallest absolute Gasteiger partial charge is 0.228 e. The third kappa shape index (κ3) is 4.85. The lowest BCUT2D eigenvalue weighted by Crippen LogP contribution is -2.36. The van der Waals surface area contributed by atoms with Crippen LogP contribution in [0, 0.1) is 6.92 Å². The Morgan fingerprint density at radius 1 is 1.00 bits per heavy atom. The summed E-state index contributed by atoms with van der Waals surface area (Å²) in [6.07, 6.45) is 0.249. The van der Waals surface area contributed by atoms with Gasteiger partial charge in [-0.2, -0.15) is 0 Å². The molecule has 0 N–H and O–H groups in total. The topological polar surface area (TPSA) is 49.9 Å². The zero-order valence-corrected chi connectivity index (χ0v) is 15.9. The van der Waals surface area contributed by atoms with Crippen LogP contribution < -0.4 is 14.5 Å². The molecule has 0 heterocycles. The van der Waals surface area contributed by atoms with E-state index >= 15 is 0 Å². The summed E-state index contributed by atoms with van der Waals surface area (Å²) in [5, 5.41) is 0. The van der Waals surface area contributed by atoms with Crippen molar-refractivity contribution in [2.24, 2.45) is 0 Å². The van der Waals surface area contributed by atoms with Crippen LogP contribution in [0.1, 0.15) is 25.8 Å². The highest BCUT2D eigenvalue weighted by Gasteiger charge is 2.18. The van der Waals surface area contributed by atoms with Crippen LogP contribution >= 0.6 is 0 Å². The van der Waals surface area contributed by atoms with Crippen molar-refractivity contribution >= 4 is 23.2 Å². The van der Waals surface area contributed by atoms with Gasteiger partial charge in [0.15, 0.2) is 0 Å². The number of amides is 2. The first-order valence-electron chi connectivity index (χ1n) is 8.75. The lowest BCUT2D eigenvalue weighted by atomic mass is 10.2. The number of anilines is 2. The third-order valence-corrected chi connectivity index (χ3v) is 4.22. The van der Waals surface area contributed by atoms with Gasteiger partial charge in [-0.25, -0.2) is 0 Å². The molecule has 2 aromatic carbocycles. The molecular formula is C21H26N2O3. The van der Waals surface area contributed by atoms with Crippen LogP contribution in [-0.2, 0) is 9.59 Å². The van der Waals surface area contributed by atoms with Crippen LogP contribution in [0.5, 0.6) is 5.75 Å². The summed E-state index contributed by atoms with van der Waals surface area (Å²) in [6, 6.07) is 15.2. The van der Waals surface area contributed by atoms with Crippen molar-refractivity contribution in [3.8, 4) is 5.75 Å². The predicted octanol–water partition coefficient (Wildman–Crippen LogP) is 3.80. The molecule has 0 saturated heterocycles. The van der Waals surface area contributed by atoms with Gasteiger partial charge in [-0.3, -0.25) is 9.59 Å². The number of benzene rings is 2. The zero-order valence-electron chi connectivity index (χ0n) is 15.9. The van der Waals surface area contributed by atoms with Gasteiger partial charge in [0.25, 0.3) is 0 Å². The van der Waals surface area contributed by atoms with E-state index in [0.717, 1.165) is 16.9 Å². The summed E-state index contributed by atoms with van der Waals surface area (Å²) in [4.78, 5) is 28.2. The maximum atomic E-state index is 12.7. The minimum Gasteiger partial charge on any atom is -0.497 e. The van der Waals surface area contributed by atoms with Crippen LogP contribution in [0.3, 0.4) is 0 Å². The minimum absolute atomic E-state index is 0.00718. The molecule has 138 valence electrons. The number of hydrogen-bond donors (Lipinski definition) is 0. The average Bonchev–Trinajstić information content (AvgIpc) is 2.62. The second-order valence-electron chi connectivity index (χ2n) is 6.10. The summed E-state index contributed by atoms with van der Waals surface area (Å²) >= 11 is 0. The number of carbonyl (C=O) groups is 2. The SMILES string of the molecule is CCN(C(=O)CCN(C(C)=O)c1cccc(OC)c1)c1cccc(C)c1. The Morgan fingerprint density at radius 3 is 2.23 bits per heavy atom. The highest BCUT2D eigenvalue weighted by Crippen LogP contribution is 2.22. The first-order chi connectivity index (χ1) is 12.5. The van der Waals surface area contributed by atoms with Gasteiger partial charge in [0, 0.05) is 43.9 Å². The number of aryl methyl sites for hydroxylation is 1. The normalized spacial score (nSPS) is 10.3. The molecule has 0 aliphatic heterocycles. The highest BCUT2D eigenvalue weighted by atomic mass is 16.5. The Balaban J connectivity index is 2.12. The van der Waals surface area contributed by atoms with Crippen molar-refractivity contribution in [3.63, 3.8) is 0 Å². The summed E-state index contributed by atoms with van der Waals surface area (Å²) in [6.45, 7) is 6.36. The van der Waals surface area contributed by atoms with E-state index in [1.807, 2.05) is 56.3 Å². The van der Waals surface area contributed by atoms with E-state index in [0.29, 0.717) is 18.8 Å². The maximum Gasteiger partial charge on any atom is 0.228 e. The molecule has 5 heteroatoms. The van der Waals surface area contributed by atoms with Crippen molar-refractivity contribution in [1.82, 2.24) is 0 Å². The summed E-state index contributed by atoms with van der Waals surface area (Å²) in [5.74, 6) is 0.562. The molecule has 0 aromatic heterocycles. The van der Waals surface area contributed by atoms with Crippen LogP contribution in [0.25, 0.3) is 0 Å². The molecule has 26 heavy (non-hydrogen) atoms. The van der Waals surface area contributed by atoms with E-state index in [-0.39, 0.29) is 18.2 Å². The standard InChI is InChI=1S/C21H26N2O3/c1-5-22(18-9-6-8-16(2)14-18)21(25)12-13-23(17(3)24)19-10-7-11-20(15-19)26-4/h6-11,14-15H,5,12-13H2,1-4H3. The molecule has 0 fully saturated rings. The number of nitrogens with zero attached hydrogens (tertiary/aromatic N) is 2. The molecule has 0 aliphatic rings. The van der Waals surface area contributed by atoms with Crippen molar-refractivity contribution < 1.29 is 14.3 Å². The highest BCUT2D eigenvalue weighted by molar-refractivity contribution is 5.96. The number of hydrogen-bond acceptors (Lipinski definition) is 3. The molecule has 0 aliphatic carbocycles. The first-order valence-corrected chi connectivity index (χ1v) is 8.75. The molecule has 0 atom stereocenters. The Hall–Kier alpha value is -2.82. The quantitative estimate of drug-likeness (QED) is 0.760. The number of ether oxygens (including phenoxy) is 1. The monoisotopic (exact) mass is 354 g/mol. The van der Waals surface area contributed by atoms with Gasteiger partial charge in [-0.15, -0.1) is 0 Å². The van der Waals surface area contributed by atoms with Crippen LogP contribution in [0.4, 0.5) is 11.4 Å². The van der Waals surface area contributed by atoms with Crippen molar-refractivity contribution in [1.29, 1.82) is 0 Å². The van der Waals surface area contributed by atoms with Crippen molar-refractivity contribution in [2.75, 3.05) is 30.0 Å². The zero-order chi connectivity index (χ0) is 19.1. The molecule has 0 unspecified atom stereocenters. The molecule has 2 aromatic rings. The van der Waals surface area contributed by atoms with Crippen LogP contribution in [-0.4, -0.2) is 32.0 Å². The first kappa shape index (κ1) is 19.5. The molecule has 5 nitrogen and oxygen atoms in total. The Bertz CT molecular complexity index is 773. The van der Waals surface area contributed by atoms with E-state index in [4.69, 9.17) is 4.74 Å². The predicted molar refractivity (Wildman–Crippen MR) is 105 cm³/mol. The fourth-order valence-corrected chi connectivity index (χ4v) is 2.89. The Kier molecular flexibility index (Phi) is 6.78. The fourth-order valence-electron chi connectivity index (χ4n) is 2.89. The summed E-state index contributed by atoms with van der Waals surface area (Å²) in [5.41, 5.74) is 2.71. The van der Waals surface area contributed by atoms with Gasteiger partial charge in [0.1, 0.15) is 5.75 Å². The fraction of sp³-hybridized carbons (Fsp3) is 0.333. The summed E-state index contributed by atoms with van der Waals surface area (Å²) in [7, 11) is 1.59. The average molecular weight is 354 g/mol. The van der Waals surface area contributed by atoms with Gasteiger partial charge in [0.2, 0.25) is 11.8 Å². The Labute approximate surface area is 155 Å². The van der Waals surface area contributed by atoms with E-state index < -0.39 is 0 Å². The van der Waals surface area contributed by atoms with Crippen molar-refractivity contribution in [3.05, 3.63) is 54.1 Å². The molecule has 0 radical (unpaired) electrons. The van der Waals surface area contributed by atoms with E-state index in [9.17, 15) is 9.59 Å². The number of rotatable bonds is 7. The Morgan fingerprint density at radius 2 is 1.65 bits per heavy atom. The maximum absolute atomic E-state index is 12.7. The van der Waals surface area contributed by atoms with Crippen molar-refractivity contribution in [2.45, 2.75) is 27.2 Å². The van der Waals surface area contributed by atoms with E-state index in [1.165, 1.54) is 6.92 Å². The molecule has 2 rings (SSSR count). The molecule has 0 bridgehead atoms. The van der Waals surface area contributed by atoms with Crippen LogP contribution in [0.15, 0.2) is 48.5 Å². The van der Waals surface area contributed by atoms with E-state index in [2.05, 4.69) is 0 Å².